The summed E-state index contributed by atoms with van der Waals surface area (Å²) in [6.07, 6.45) is 3.08. The predicted molar refractivity (Wildman–Crippen MR) is 193 cm³/mol. The van der Waals surface area contributed by atoms with Crippen LogP contribution in [0.5, 0.6) is 0 Å². The van der Waals surface area contributed by atoms with Crippen LogP contribution in [0.25, 0.3) is 22.3 Å². The first kappa shape index (κ1) is 37.3. The third-order valence-corrected chi connectivity index (χ3v) is 14.1. The molecular formula is C38H42F2N4O6S2. The topological polar surface area (TPSA) is 152 Å². The number of hydrogen-bond acceptors (Lipinski definition) is 7. The SMILES string of the molecule is C[C@@H](Cc1cccc([C@@]2(C)CCCC(C)(C)CS(=O)(=O)CCc3c(c(F)cc4[nH]ccc34)S(=O)(=O)c3ccc(F)c(c3)-c3nc2nn3C)c1)C(=O)O. The number of aromatic amines is 1. The molecule has 3 aromatic carbocycles. The molecule has 14 heteroatoms. The molecule has 2 aromatic heterocycles. The summed E-state index contributed by atoms with van der Waals surface area (Å²) in [5.74, 6) is -3.58. The number of aliphatic carboxylic acids is 1. The number of benzene rings is 3. The molecule has 2 atom stereocenters. The monoisotopic (exact) mass is 752 g/mol. The van der Waals surface area contributed by atoms with Crippen molar-refractivity contribution in [2.75, 3.05) is 11.5 Å². The quantitative estimate of drug-likeness (QED) is 0.190. The van der Waals surface area contributed by atoms with Gasteiger partial charge in [0.15, 0.2) is 21.5 Å². The summed E-state index contributed by atoms with van der Waals surface area (Å²) in [5.41, 5.74) is 0.187. The molecule has 0 spiro atoms. The molecule has 0 amide bonds. The number of carboxylic acids is 1. The van der Waals surface area contributed by atoms with Crippen molar-refractivity contribution in [3.63, 3.8) is 0 Å². The minimum absolute atomic E-state index is 0.0290. The van der Waals surface area contributed by atoms with E-state index in [2.05, 4.69) is 4.98 Å². The van der Waals surface area contributed by atoms with E-state index in [1.54, 1.807) is 20.0 Å². The zero-order valence-corrected chi connectivity index (χ0v) is 31.3. The number of nitrogens with one attached hydrogen (secondary N) is 1. The number of halogens is 2. The van der Waals surface area contributed by atoms with Crippen LogP contribution in [-0.4, -0.2) is 59.2 Å². The number of aryl methyl sites for hydroxylation is 2. The van der Waals surface area contributed by atoms with Crippen LogP contribution < -0.4 is 0 Å². The number of carbonyl (C=O) groups is 1. The number of H-pyrrole nitrogens is 1. The fraction of sp³-hybridized carbons (Fsp3) is 0.395. The Morgan fingerprint density at radius 1 is 1.02 bits per heavy atom. The van der Waals surface area contributed by atoms with Crippen molar-refractivity contribution < 1.29 is 35.5 Å². The van der Waals surface area contributed by atoms with E-state index in [0.29, 0.717) is 36.0 Å². The van der Waals surface area contributed by atoms with Crippen molar-refractivity contribution >= 4 is 36.5 Å². The normalized spacial score (nSPS) is 20.8. The van der Waals surface area contributed by atoms with Crippen molar-refractivity contribution in [3.8, 4) is 11.4 Å². The van der Waals surface area contributed by atoms with Crippen molar-refractivity contribution in [2.24, 2.45) is 18.4 Å². The Bertz CT molecular complexity index is 2420. The molecule has 10 nitrogen and oxygen atoms in total. The number of nitrogens with zero attached hydrogens (tertiary/aromatic N) is 3. The van der Waals surface area contributed by atoms with Gasteiger partial charge in [0, 0.05) is 24.1 Å². The number of carboxylic acid groups (broad SMARTS) is 1. The molecule has 52 heavy (non-hydrogen) atoms. The number of sulfone groups is 2. The van der Waals surface area contributed by atoms with Gasteiger partial charge < -0.3 is 10.1 Å². The van der Waals surface area contributed by atoms with Gasteiger partial charge in [0.1, 0.15) is 16.5 Å². The minimum atomic E-state index is -4.66. The van der Waals surface area contributed by atoms with Crippen molar-refractivity contribution in [1.29, 1.82) is 0 Å². The number of fused-ring (bicyclic) bond motifs is 8. The van der Waals surface area contributed by atoms with Crippen molar-refractivity contribution in [2.45, 2.75) is 75.0 Å². The van der Waals surface area contributed by atoms with E-state index in [1.807, 2.05) is 45.0 Å². The Hall–Kier alpha value is -4.43. The molecular weight excluding hydrogens is 711 g/mol. The molecule has 6 rings (SSSR count). The van der Waals surface area contributed by atoms with Crippen LogP contribution in [-0.2, 0) is 49.8 Å². The van der Waals surface area contributed by atoms with Gasteiger partial charge in [0.05, 0.1) is 33.3 Å². The second-order valence-corrected chi connectivity index (χ2v) is 19.0. The highest BCUT2D eigenvalue weighted by Gasteiger charge is 2.37. The fourth-order valence-corrected chi connectivity index (χ4v) is 11.0. The summed E-state index contributed by atoms with van der Waals surface area (Å²) in [6.45, 7) is 7.30. The molecule has 1 aliphatic heterocycles. The molecule has 0 saturated carbocycles. The van der Waals surface area contributed by atoms with Crippen LogP contribution in [0.3, 0.4) is 0 Å². The molecule has 1 aliphatic rings. The second-order valence-electron chi connectivity index (χ2n) is 15.0. The molecule has 5 aromatic rings. The van der Waals surface area contributed by atoms with Gasteiger partial charge in [0.25, 0.3) is 0 Å². The molecule has 276 valence electrons. The highest BCUT2D eigenvalue weighted by Crippen LogP contribution is 2.40. The van der Waals surface area contributed by atoms with Crippen LogP contribution in [0.15, 0.2) is 70.6 Å². The first-order chi connectivity index (χ1) is 24.3. The van der Waals surface area contributed by atoms with E-state index in [1.165, 1.54) is 10.9 Å². The van der Waals surface area contributed by atoms with Gasteiger partial charge in [-0.1, -0.05) is 51.5 Å². The molecule has 0 fully saturated rings. The van der Waals surface area contributed by atoms with Gasteiger partial charge in [-0.15, -0.1) is 0 Å². The average Bonchev–Trinajstić information content (AvgIpc) is 3.69. The lowest BCUT2D eigenvalue weighted by atomic mass is 9.75. The first-order valence-corrected chi connectivity index (χ1v) is 20.4. The summed E-state index contributed by atoms with van der Waals surface area (Å²) in [4.78, 5) is 18.3. The van der Waals surface area contributed by atoms with Crippen LogP contribution in [0.4, 0.5) is 8.78 Å². The van der Waals surface area contributed by atoms with Gasteiger partial charge in [-0.2, -0.15) is 5.10 Å². The van der Waals surface area contributed by atoms with Crippen LogP contribution in [0.1, 0.15) is 69.5 Å². The molecule has 4 bridgehead atoms. The molecule has 0 aliphatic carbocycles. The summed E-state index contributed by atoms with van der Waals surface area (Å²) in [6, 6.07) is 13.3. The second kappa shape index (κ2) is 13.5. The van der Waals surface area contributed by atoms with E-state index in [9.17, 15) is 26.7 Å². The maximum absolute atomic E-state index is 15.9. The molecule has 0 saturated heterocycles. The van der Waals surface area contributed by atoms with E-state index >= 15 is 8.78 Å². The Labute approximate surface area is 302 Å². The molecule has 2 N–H and O–H groups in total. The minimum Gasteiger partial charge on any atom is -0.481 e. The van der Waals surface area contributed by atoms with E-state index < -0.39 is 69.6 Å². The third kappa shape index (κ3) is 7.14. The fourth-order valence-electron chi connectivity index (χ4n) is 7.36. The van der Waals surface area contributed by atoms with Gasteiger partial charge in [-0.3, -0.25) is 4.79 Å². The highest BCUT2D eigenvalue weighted by molar-refractivity contribution is 7.92. The van der Waals surface area contributed by atoms with Crippen molar-refractivity contribution in [1.82, 2.24) is 19.7 Å². The van der Waals surface area contributed by atoms with Gasteiger partial charge in [0.2, 0.25) is 9.84 Å². The smallest absolute Gasteiger partial charge is 0.306 e. The van der Waals surface area contributed by atoms with Crippen LogP contribution in [0.2, 0.25) is 0 Å². The Morgan fingerprint density at radius 2 is 1.77 bits per heavy atom. The number of aromatic nitrogens is 4. The summed E-state index contributed by atoms with van der Waals surface area (Å²) in [7, 11) is -6.86. The lowest BCUT2D eigenvalue weighted by Gasteiger charge is -2.31. The summed E-state index contributed by atoms with van der Waals surface area (Å²) < 4.78 is 89.0. The first-order valence-electron chi connectivity index (χ1n) is 17.1. The van der Waals surface area contributed by atoms with Gasteiger partial charge in [-0.05, 0) is 85.0 Å². The largest absolute Gasteiger partial charge is 0.481 e. The molecule has 0 radical (unpaired) electrons. The third-order valence-electron chi connectivity index (χ3n) is 10.2. The lowest BCUT2D eigenvalue weighted by Crippen LogP contribution is -2.29. The Kier molecular flexibility index (Phi) is 9.71. The number of hydrogen-bond donors (Lipinski definition) is 2. The van der Waals surface area contributed by atoms with E-state index in [4.69, 9.17) is 10.1 Å². The zero-order valence-electron chi connectivity index (χ0n) is 29.7. The summed E-state index contributed by atoms with van der Waals surface area (Å²) >= 11 is 0. The number of rotatable bonds is 4. The maximum atomic E-state index is 15.9. The van der Waals surface area contributed by atoms with E-state index in [-0.39, 0.29) is 35.5 Å². The average molecular weight is 753 g/mol. The standard InChI is InChI=1S/C38H42F2N4O6S2/c1-23(35(45)46)18-24-8-6-9-25(19-24)38(4)15-7-14-37(2,3)22-51(47,48)17-13-28-27-12-16-41-32(27)21-31(40)33(28)52(49,50)26-10-11-30(39)29(20-26)34-42-36(38)43-44(34)5/h6,8-12,16,19-21,23,41H,7,13-15,17-18,22H2,1-5H3,(H,45,46)/t23-,38+/m0/s1. The maximum Gasteiger partial charge on any atom is 0.306 e. The zero-order chi connectivity index (χ0) is 37.8. The lowest BCUT2D eigenvalue weighted by molar-refractivity contribution is -0.141. The predicted octanol–water partition coefficient (Wildman–Crippen LogP) is 6.81. The molecule has 0 unspecified atom stereocenters. The van der Waals surface area contributed by atoms with Crippen LogP contribution >= 0.6 is 0 Å². The van der Waals surface area contributed by atoms with E-state index in [0.717, 1.165) is 35.4 Å². The van der Waals surface area contributed by atoms with Gasteiger partial charge in [-0.25, -0.2) is 35.3 Å². The Morgan fingerprint density at radius 3 is 2.50 bits per heavy atom. The van der Waals surface area contributed by atoms with Gasteiger partial charge >= 0.3 is 5.97 Å². The summed E-state index contributed by atoms with van der Waals surface area (Å²) in [5, 5.41) is 14.6. The highest BCUT2D eigenvalue weighted by atomic mass is 32.2. The van der Waals surface area contributed by atoms with Crippen molar-refractivity contribution in [3.05, 3.63) is 94.9 Å². The molecule has 3 heterocycles. The van der Waals surface area contributed by atoms with Crippen LogP contribution in [0, 0.1) is 23.0 Å². The Balaban J connectivity index is 1.56.